The Morgan fingerprint density at radius 3 is 2.64 bits per heavy atom. The van der Waals surface area contributed by atoms with Gasteiger partial charge < -0.3 is 14.5 Å². The monoisotopic (exact) mass is 450 g/mol. The fourth-order valence-corrected chi connectivity index (χ4v) is 5.13. The summed E-state index contributed by atoms with van der Waals surface area (Å²) in [6.45, 7) is 7.58. The second-order valence-corrected chi connectivity index (χ2v) is 9.29. The van der Waals surface area contributed by atoms with Gasteiger partial charge in [0, 0.05) is 30.5 Å². The molecule has 0 aromatic heterocycles. The third kappa shape index (κ3) is 5.96. The summed E-state index contributed by atoms with van der Waals surface area (Å²) in [5.74, 6) is 2.82. The zero-order valence-electron chi connectivity index (χ0n) is 17.5. The third-order valence-electron chi connectivity index (χ3n) is 6.49. The highest BCUT2D eigenvalue weighted by molar-refractivity contribution is 9.10. The molecule has 0 spiro atoms. The molecule has 0 N–H and O–H groups in total. The molecule has 2 fully saturated rings. The average molecular weight is 451 g/mol. The molecule has 2 aliphatic heterocycles. The molecular formula is C23H35BrN2O2. The SMILES string of the molecule is CCC(=O)N1CCC(CCCN2CCC(Cc3cc(OC)ccc3Br)C2)CC1. The number of halogens is 1. The van der Waals surface area contributed by atoms with Crippen molar-refractivity contribution in [3.63, 3.8) is 0 Å². The molecule has 0 saturated carbocycles. The van der Waals surface area contributed by atoms with Crippen LogP contribution < -0.4 is 4.74 Å². The molecule has 2 heterocycles. The van der Waals surface area contributed by atoms with E-state index in [0.29, 0.717) is 12.3 Å². The van der Waals surface area contributed by atoms with E-state index in [1.165, 1.54) is 61.8 Å². The summed E-state index contributed by atoms with van der Waals surface area (Å²) in [5.41, 5.74) is 1.36. The molecule has 3 rings (SSSR count). The molecule has 28 heavy (non-hydrogen) atoms. The molecule has 2 aliphatic rings. The van der Waals surface area contributed by atoms with E-state index in [4.69, 9.17) is 4.74 Å². The minimum absolute atomic E-state index is 0.323. The highest BCUT2D eigenvalue weighted by Crippen LogP contribution is 2.29. The summed E-state index contributed by atoms with van der Waals surface area (Å²) in [4.78, 5) is 16.5. The lowest BCUT2D eigenvalue weighted by Crippen LogP contribution is -2.38. The van der Waals surface area contributed by atoms with Crippen molar-refractivity contribution in [2.24, 2.45) is 11.8 Å². The van der Waals surface area contributed by atoms with Crippen LogP contribution in [0.5, 0.6) is 5.75 Å². The predicted molar refractivity (Wildman–Crippen MR) is 118 cm³/mol. The van der Waals surface area contributed by atoms with Gasteiger partial charge in [0.15, 0.2) is 0 Å². The molecule has 1 amide bonds. The normalized spacial score (nSPS) is 21.2. The lowest BCUT2D eigenvalue weighted by Gasteiger charge is -2.32. The van der Waals surface area contributed by atoms with Crippen LogP contribution >= 0.6 is 15.9 Å². The van der Waals surface area contributed by atoms with Crippen molar-refractivity contribution in [2.45, 2.75) is 51.9 Å². The molecule has 2 saturated heterocycles. The number of rotatable bonds is 8. The Morgan fingerprint density at radius 2 is 1.93 bits per heavy atom. The minimum atomic E-state index is 0.323. The van der Waals surface area contributed by atoms with Gasteiger partial charge in [0.05, 0.1) is 7.11 Å². The van der Waals surface area contributed by atoms with Crippen LogP contribution in [0, 0.1) is 11.8 Å². The van der Waals surface area contributed by atoms with Crippen LogP contribution in [-0.2, 0) is 11.2 Å². The Labute approximate surface area is 178 Å². The van der Waals surface area contributed by atoms with Crippen LogP contribution in [0.4, 0.5) is 0 Å². The molecule has 1 aromatic rings. The predicted octanol–water partition coefficient (Wildman–Crippen LogP) is 4.75. The number of carbonyl (C=O) groups excluding carboxylic acids is 1. The van der Waals surface area contributed by atoms with Crippen LogP contribution in [-0.4, -0.2) is 55.5 Å². The summed E-state index contributed by atoms with van der Waals surface area (Å²) in [6.07, 6.45) is 8.06. The van der Waals surface area contributed by atoms with Gasteiger partial charge in [-0.1, -0.05) is 22.9 Å². The van der Waals surface area contributed by atoms with Crippen molar-refractivity contribution in [1.29, 1.82) is 0 Å². The van der Waals surface area contributed by atoms with Gasteiger partial charge in [0.25, 0.3) is 0 Å². The van der Waals surface area contributed by atoms with Crippen LogP contribution in [0.2, 0.25) is 0 Å². The Balaban J connectivity index is 1.35. The van der Waals surface area contributed by atoms with E-state index in [2.05, 4.69) is 37.9 Å². The van der Waals surface area contributed by atoms with Gasteiger partial charge in [0.1, 0.15) is 5.75 Å². The number of ether oxygens (including phenoxy) is 1. The quantitative estimate of drug-likeness (QED) is 0.572. The number of hydrogen-bond acceptors (Lipinski definition) is 3. The molecule has 4 nitrogen and oxygen atoms in total. The zero-order valence-corrected chi connectivity index (χ0v) is 19.0. The zero-order chi connectivity index (χ0) is 19.9. The molecular weight excluding hydrogens is 416 g/mol. The number of amides is 1. The van der Waals surface area contributed by atoms with Gasteiger partial charge >= 0.3 is 0 Å². The summed E-state index contributed by atoms with van der Waals surface area (Å²) in [6, 6.07) is 6.28. The molecule has 0 bridgehead atoms. The molecule has 1 aromatic carbocycles. The molecule has 0 aliphatic carbocycles. The van der Waals surface area contributed by atoms with Crippen molar-refractivity contribution in [2.75, 3.05) is 39.8 Å². The second kappa shape index (κ2) is 10.6. The smallest absolute Gasteiger partial charge is 0.222 e. The lowest BCUT2D eigenvalue weighted by molar-refractivity contribution is -0.132. The fraction of sp³-hybridized carbons (Fsp3) is 0.696. The van der Waals surface area contributed by atoms with E-state index in [-0.39, 0.29) is 0 Å². The van der Waals surface area contributed by atoms with Crippen molar-refractivity contribution >= 4 is 21.8 Å². The minimum Gasteiger partial charge on any atom is -0.497 e. The molecule has 0 radical (unpaired) electrons. The van der Waals surface area contributed by atoms with Gasteiger partial charge in [0.2, 0.25) is 5.91 Å². The third-order valence-corrected chi connectivity index (χ3v) is 7.26. The molecule has 5 heteroatoms. The highest BCUT2D eigenvalue weighted by atomic mass is 79.9. The maximum atomic E-state index is 11.8. The molecule has 156 valence electrons. The van der Waals surface area contributed by atoms with E-state index in [1.54, 1.807) is 7.11 Å². The van der Waals surface area contributed by atoms with Crippen LogP contribution in [0.1, 0.15) is 51.0 Å². The maximum absolute atomic E-state index is 11.8. The highest BCUT2D eigenvalue weighted by Gasteiger charge is 2.25. The van der Waals surface area contributed by atoms with Gasteiger partial charge in [-0.05, 0) is 87.2 Å². The number of nitrogens with zero attached hydrogens (tertiary/aromatic N) is 2. The van der Waals surface area contributed by atoms with Gasteiger partial charge in [-0.25, -0.2) is 0 Å². The Kier molecular flexibility index (Phi) is 8.22. The van der Waals surface area contributed by atoms with Gasteiger partial charge in [-0.2, -0.15) is 0 Å². The van der Waals surface area contributed by atoms with E-state index < -0.39 is 0 Å². The van der Waals surface area contributed by atoms with Gasteiger partial charge in [-0.3, -0.25) is 4.79 Å². The molecule has 1 atom stereocenters. The Hall–Kier alpha value is -1.07. The number of hydrogen-bond donors (Lipinski definition) is 0. The standard InChI is InChI=1S/C23H35BrN2O2/c1-3-23(27)26-13-9-18(10-14-26)5-4-11-25-12-8-19(17-25)15-20-16-21(28-2)6-7-22(20)24/h6-7,16,18-19H,3-5,8-15,17H2,1-2H3. The first-order valence-corrected chi connectivity index (χ1v) is 11.7. The number of carbonyl (C=O) groups is 1. The van der Waals surface area contributed by atoms with Crippen LogP contribution in [0.25, 0.3) is 0 Å². The van der Waals surface area contributed by atoms with Crippen molar-refractivity contribution in [3.8, 4) is 5.75 Å². The lowest BCUT2D eigenvalue weighted by atomic mass is 9.92. The van der Waals surface area contributed by atoms with E-state index >= 15 is 0 Å². The summed E-state index contributed by atoms with van der Waals surface area (Å²) in [5, 5.41) is 0. The summed E-state index contributed by atoms with van der Waals surface area (Å²) < 4.78 is 6.57. The van der Waals surface area contributed by atoms with Crippen molar-refractivity contribution in [3.05, 3.63) is 28.2 Å². The largest absolute Gasteiger partial charge is 0.497 e. The number of methoxy groups -OCH3 is 1. The summed E-state index contributed by atoms with van der Waals surface area (Å²) in [7, 11) is 1.73. The van der Waals surface area contributed by atoms with Crippen LogP contribution in [0.3, 0.4) is 0 Å². The number of likely N-dealkylation sites (tertiary alicyclic amines) is 2. The molecule has 1 unspecified atom stereocenters. The number of piperidine rings is 1. The van der Waals surface area contributed by atoms with Crippen LogP contribution in [0.15, 0.2) is 22.7 Å². The fourth-order valence-electron chi connectivity index (χ4n) is 4.73. The first-order chi connectivity index (χ1) is 13.6. The van der Waals surface area contributed by atoms with Crippen molar-refractivity contribution < 1.29 is 9.53 Å². The second-order valence-electron chi connectivity index (χ2n) is 8.44. The number of benzene rings is 1. The van der Waals surface area contributed by atoms with E-state index in [1.807, 2.05) is 13.0 Å². The first-order valence-electron chi connectivity index (χ1n) is 10.9. The Morgan fingerprint density at radius 1 is 1.18 bits per heavy atom. The first kappa shape index (κ1) is 21.6. The topological polar surface area (TPSA) is 32.8 Å². The average Bonchev–Trinajstić information content (AvgIpc) is 3.17. The summed E-state index contributed by atoms with van der Waals surface area (Å²) >= 11 is 3.69. The maximum Gasteiger partial charge on any atom is 0.222 e. The van der Waals surface area contributed by atoms with E-state index in [9.17, 15) is 4.79 Å². The van der Waals surface area contributed by atoms with E-state index in [0.717, 1.165) is 37.1 Å². The van der Waals surface area contributed by atoms with Crippen molar-refractivity contribution in [1.82, 2.24) is 9.80 Å². The van der Waals surface area contributed by atoms with Gasteiger partial charge in [-0.15, -0.1) is 0 Å². The Bertz CT molecular complexity index is 643.